The van der Waals surface area contributed by atoms with E-state index in [4.69, 9.17) is 5.73 Å². The zero-order chi connectivity index (χ0) is 13.8. The number of nitrogens with zero attached hydrogens (tertiary/aromatic N) is 1. The first-order valence-electron chi connectivity index (χ1n) is 5.70. The molecule has 3 nitrogen and oxygen atoms in total. The highest BCUT2D eigenvalue weighted by atomic mass is 79.9. The second-order valence-electron chi connectivity index (χ2n) is 4.06. The van der Waals surface area contributed by atoms with E-state index in [1.165, 1.54) is 11.8 Å². The number of nitrogen functional groups attached to an aromatic ring is 1. The van der Waals surface area contributed by atoms with Gasteiger partial charge in [-0.25, -0.2) is 4.98 Å². The summed E-state index contributed by atoms with van der Waals surface area (Å²) in [5.41, 5.74) is 7.17. The predicted octanol–water partition coefficient (Wildman–Crippen LogP) is 3.71. The summed E-state index contributed by atoms with van der Waals surface area (Å²) >= 11 is 4.90. The predicted molar refractivity (Wildman–Crippen MR) is 82.6 cm³/mol. The summed E-state index contributed by atoms with van der Waals surface area (Å²) in [7, 11) is 0. The fourth-order valence-corrected chi connectivity index (χ4v) is 3.10. The molecule has 1 aromatic carbocycles. The molecule has 0 atom stereocenters. The van der Waals surface area contributed by atoms with Crippen LogP contribution in [0.5, 0.6) is 0 Å². The van der Waals surface area contributed by atoms with E-state index in [1.54, 1.807) is 12.3 Å². The van der Waals surface area contributed by atoms with Crippen molar-refractivity contribution in [2.45, 2.75) is 11.8 Å². The molecule has 2 rings (SSSR count). The first-order valence-corrected chi connectivity index (χ1v) is 7.48. The second-order valence-corrected chi connectivity index (χ2v) is 6.02. The third-order valence-electron chi connectivity index (χ3n) is 2.63. The molecule has 0 amide bonds. The summed E-state index contributed by atoms with van der Waals surface area (Å²) in [6.07, 6.45) is 1.61. The Morgan fingerprint density at radius 3 is 2.89 bits per heavy atom. The SMILES string of the molecule is Cc1ccnc(N)c1C(=O)CSc1cccc(Br)c1. The molecule has 0 saturated carbocycles. The van der Waals surface area contributed by atoms with Crippen LogP contribution in [0.3, 0.4) is 0 Å². The van der Waals surface area contributed by atoms with Crippen LogP contribution >= 0.6 is 27.7 Å². The lowest BCUT2D eigenvalue weighted by Crippen LogP contribution is -2.10. The Balaban J connectivity index is 2.10. The number of ketones is 1. The maximum atomic E-state index is 12.2. The number of Topliss-reactive ketones (excluding diaryl/α,β-unsaturated/α-hetero) is 1. The van der Waals surface area contributed by atoms with E-state index in [9.17, 15) is 4.79 Å². The molecule has 0 saturated heterocycles. The minimum atomic E-state index is 0.00748. The molecule has 5 heteroatoms. The molecule has 0 fully saturated rings. The maximum absolute atomic E-state index is 12.2. The van der Waals surface area contributed by atoms with E-state index in [0.29, 0.717) is 17.1 Å². The molecule has 2 N–H and O–H groups in total. The number of hydrogen-bond donors (Lipinski definition) is 1. The monoisotopic (exact) mass is 336 g/mol. The number of aryl methyl sites for hydroxylation is 1. The Kier molecular flexibility index (Phi) is 4.61. The third kappa shape index (κ3) is 3.58. The smallest absolute Gasteiger partial charge is 0.177 e. The number of carbonyl (C=O) groups excluding carboxylic acids is 1. The highest BCUT2D eigenvalue weighted by Gasteiger charge is 2.13. The topological polar surface area (TPSA) is 56.0 Å². The average Bonchev–Trinajstić information content (AvgIpc) is 2.36. The summed E-state index contributed by atoms with van der Waals surface area (Å²) < 4.78 is 1.00. The highest BCUT2D eigenvalue weighted by Crippen LogP contribution is 2.24. The number of carbonyl (C=O) groups is 1. The quantitative estimate of drug-likeness (QED) is 0.683. The van der Waals surface area contributed by atoms with Gasteiger partial charge >= 0.3 is 0 Å². The number of aromatic nitrogens is 1. The number of benzene rings is 1. The van der Waals surface area contributed by atoms with E-state index < -0.39 is 0 Å². The van der Waals surface area contributed by atoms with E-state index >= 15 is 0 Å². The van der Waals surface area contributed by atoms with Gasteiger partial charge in [-0.15, -0.1) is 11.8 Å². The summed E-state index contributed by atoms with van der Waals surface area (Å²) in [6.45, 7) is 1.87. The van der Waals surface area contributed by atoms with Crippen LogP contribution in [0.2, 0.25) is 0 Å². The van der Waals surface area contributed by atoms with Gasteiger partial charge in [-0.05, 0) is 36.8 Å². The molecule has 98 valence electrons. The van der Waals surface area contributed by atoms with Crippen molar-refractivity contribution >= 4 is 39.3 Å². The molecule has 0 spiro atoms. The minimum absolute atomic E-state index is 0.00748. The molecule has 0 aliphatic heterocycles. The Morgan fingerprint density at radius 2 is 2.21 bits per heavy atom. The van der Waals surface area contributed by atoms with Gasteiger partial charge in [0.2, 0.25) is 0 Å². The Labute approximate surface area is 124 Å². The average molecular weight is 337 g/mol. The molecule has 0 bridgehead atoms. The van der Waals surface area contributed by atoms with Gasteiger partial charge < -0.3 is 5.73 Å². The van der Waals surface area contributed by atoms with Gasteiger partial charge in [0.05, 0.1) is 11.3 Å². The van der Waals surface area contributed by atoms with Gasteiger partial charge in [-0.3, -0.25) is 4.79 Å². The molecule has 1 aromatic heterocycles. The standard InChI is InChI=1S/C14H13BrN2OS/c1-9-5-6-17-14(16)13(9)12(18)8-19-11-4-2-3-10(15)7-11/h2-7H,8H2,1H3,(H2,16,17). The van der Waals surface area contributed by atoms with Crippen LogP contribution < -0.4 is 5.73 Å². The lowest BCUT2D eigenvalue weighted by Gasteiger charge is -2.07. The summed E-state index contributed by atoms with van der Waals surface area (Å²) in [4.78, 5) is 17.2. The number of rotatable bonds is 4. The Bertz CT molecular complexity index is 596. The van der Waals surface area contributed by atoms with Gasteiger partial charge in [0.1, 0.15) is 5.82 Å². The number of hydrogen-bond acceptors (Lipinski definition) is 4. The summed E-state index contributed by atoms with van der Waals surface area (Å²) in [5.74, 6) is 0.667. The summed E-state index contributed by atoms with van der Waals surface area (Å²) in [5, 5.41) is 0. The van der Waals surface area contributed by atoms with Crippen molar-refractivity contribution < 1.29 is 4.79 Å². The molecule has 0 aliphatic rings. The molecule has 19 heavy (non-hydrogen) atoms. The molecule has 0 unspecified atom stereocenters. The first-order chi connectivity index (χ1) is 9.08. The first kappa shape index (κ1) is 14.1. The van der Waals surface area contributed by atoms with Gasteiger partial charge in [0, 0.05) is 15.6 Å². The zero-order valence-corrected chi connectivity index (χ0v) is 12.8. The van der Waals surface area contributed by atoms with E-state index in [2.05, 4.69) is 20.9 Å². The van der Waals surface area contributed by atoms with Gasteiger partial charge in [0.25, 0.3) is 0 Å². The van der Waals surface area contributed by atoms with Crippen LogP contribution in [0.15, 0.2) is 45.9 Å². The van der Waals surface area contributed by atoms with E-state index in [-0.39, 0.29) is 5.78 Å². The normalized spacial score (nSPS) is 10.4. The third-order valence-corrected chi connectivity index (χ3v) is 4.12. The van der Waals surface area contributed by atoms with Crippen LogP contribution in [0.1, 0.15) is 15.9 Å². The minimum Gasteiger partial charge on any atom is -0.383 e. The largest absolute Gasteiger partial charge is 0.383 e. The van der Waals surface area contributed by atoms with Crippen molar-refractivity contribution in [1.82, 2.24) is 4.98 Å². The van der Waals surface area contributed by atoms with Crippen molar-refractivity contribution in [1.29, 1.82) is 0 Å². The number of thioether (sulfide) groups is 1. The number of halogens is 1. The van der Waals surface area contributed by atoms with Crippen molar-refractivity contribution in [3.05, 3.63) is 52.1 Å². The van der Waals surface area contributed by atoms with Crippen molar-refractivity contribution in [3.8, 4) is 0 Å². The molecule has 0 radical (unpaired) electrons. The lowest BCUT2D eigenvalue weighted by atomic mass is 10.1. The van der Waals surface area contributed by atoms with Crippen molar-refractivity contribution in [3.63, 3.8) is 0 Å². The van der Waals surface area contributed by atoms with Crippen LogP contribution in [-0.2, 0) is 0 Å². The fraction of sp³-hybridized carbons (Fsp3) is 0.143. The molecule has 1 heterocycles. The van der Waals surface area contributed by atoms with Gasteiger partial charge in [0.15, 0.2) is 5.78 Å². The van der Waals surface area contributed by atoms with E-state index in [0.717, 1.165) is 14.9 Å². The number of anilines is 1. The lowest BCUT2D eigenvalue weighted by molar-refractivity contribution is 0.102. The Morgan fingerprint density at radius 1 is 1.42 bits per heavy atom. The maximum Gasteiger partial charge on any atom is 0.177 e. The summed E-state index contributed by atoms with van der Waals surface area (Å²) in [6, 6.07) is 9.66. The number of pyridine rings is 1. The molecular weight excluding hydrogens is 324 g/mol. The van der Waals surface area contributed by atoms with Crippen LogP contribution in [0.4, 0.5) is 5.82 Å². The van der Waals surface area contributed by atoms with Crippen molar-refractivity contribution in [2.75, 3.05) is 11.5 Å². The highest BCUT2D eigenvalue weighted by molar-refractivity contribution is 9.10. The van der Waals surface area contributed by atoms with Crippen LogP contribution in [0.25, 0.3) is 0 Å². The van der Waals surface area contributed by atoms with Gasteiger partial charge in [-0.2, -0.15) is 0 Å². The second kappa shape index (κ2) is 6.21. The zero-order valence-electron chi connectivity index (χ0n) is 10.4. The fourth-order valence-electron chi connectivity index (χ4n) is 1.72. The molecule has 2 aromatic rings. The van der Waals surface area contributed by atoms with Crippen LogP contribution in [0, 0.1) is 6.92 Å². The van der Waals surface area contributed by atoms with Gasteiger partial charge in [-0.1, -0.05) is 22.0 Å². The Hall–Kier alpha value is -1.33. The van der Waals surface area contributed by atoms with Crippen LogP contribution in [-0.4, -0.2) is 16.5 Å². The van der Waals surface area contributed by atoms with E-state index in [1.807, 2.05) is 31.2 Å². The molecular formula is C14H13BrN2OS. The van der Waals surface area contributed by atoms with Crippen molar-refractivity contribution in [2.24, 2.45) is 0 Å². The number of nitrogens with two attached hydrogens (primary N) is 1. The molecule has 0 aliphatic carbocycles.